The second-order valence-electron chi connectivity index (χ2n) is 6.74. The predicted octanol–water partition coefficient (Wildman–Crippen LogP) is 2.75. The van der Waals surface area contributed by atoms with E-state index in [1.807, 2.05) is 0 Å². The van der Waals surface area contributed by atoms with Gasteiger partial charge in [0.1, 0.15) is 0 Å². The fraction of sp³-hybridized carbons (Fsp3) is 0.667. The van der Waals surface area contributed by atoms with Gasteiger partial charge in [-0.15, -0.1) is 0 Å². The minimum Gasteiger partial charge on any atom is -0.350 e. The molecule has 4 nitrogen and oxygen atoms in total. The number of hydrogen-bond acceptors (Lipinski definition) is 2. The van der Waals surface area contributed by atoms with Crippen molar-refractivity contribution < 1.29 is 9.59 Å². The Morgan fingerprint density at radius 1 is 0.773 bits per heavy atom. The summed E-state index contributed by atoms with van der Waals surface area (Å²) in [7, 11) is 0. The fourth-order valence-corrected chi connectivity index (χ4v) is 3.69. The number of allylic oxidation sites excluding steroid dienone is 2. The molecule has 0 saturated heterocycles. The van der Waals surface area contributed by atoms with Gasteiger partial charge in [0.25, 0.3) is 0 Å². The van der Waals surface area contributed by atoms with Crippen LogP contribution in [-0.2, 0) is 9.59 Å². The highest BCUT2D eigenvalue weighted by Crippen LogP contribution is 2.23. The zero-order chi connectivity index (χ0) is 15.4. The van der Waals surface area contributed by atoms with Crippen molar-refractivity contribution in [3.8, 4) is 0 Å². The maximum Gasteiger partial charge on any atom is 0.247 e. The normalized spacial score (nSPS) is 28.0. The molecule has 0 bridgehead atoms. The monoisotopic (exact) mass is 302 g/mol. The van der Waals surface area contributed by atoms with E-state index < -0.39 is 0 Å². The molecule has 4 heteroatoms. The Bertz CT molecular complexity index is 453. The zero-order valence-corrected chi connectivity index (χ0v) is 13.2. The highest BCUT2D eigenvalue weighted by molar-refractivity contribution is 5.94. The molecule has 22 heavy (non-hydrogen) atoms. The Morgan fingerprint density at radius 2 is 1.18 bits per heavy atom. The summed E-state index contributed by atoms with van der Waals surface area (Å²) in [5.41, 5.74) is 1.92. The minimum absolute atomic E-state index is 0.126. The van der Waals surface area contributed by atoms with Gasteiger partial charge in [-0.05, 0) is 64.2 Å². The van der Waals surface area contributed by atoms with Gasteiger partial charge in [0.05, 0.1) is 0 Å². The van der Waals surface area contributed by atoms with E-state index >= 15 is 0 Å². The number of carbonyl (C=O) groups is 2. The van der Waals surface area contributed by atoms with E-state index in [1.54, 1.807) is 0 Å². The van der Waals surface area contributed by atoms with Crippen LogP contribution in [0.3, 0.4) is 0 Å². The van der Waals surface area contributed by atoms with E-state index in [0.717, 1.165) is 75.4 Å². The van der Waals surface area contributed by atoms with E-state index in [4.69, 9.17) is 0 Å². The molecule has 0 aromatic rings. The van der Waals surface area contributed by atoms with Crippen LogP contribution in [0.25, 0.3) is 0 Å². The quantitative estimate of drug-likeness (QED) is 0.839. The van der Waals surface area contributed by atoms with Crippen LogP contribution in [0.1, 0.15) is 64.2 Å². The summed E-state index contributed by atoms with van der Waals surface area (Å²) in [6.07, 6.45) is 14.1. The van der Waals surface area contributed by atoms with E-state index in [9.17, 15) is 9.59 Å². The topological polar surface area (TPSA) is 58.2 Å². The molecule has 1 saturated carbocycles. The lowest BCUT2D eigenvalue weighted by Crippen LogP contribution is -2.44. The van der Waals surface area contributed by atoms with Crippen LogP contribution < -0.4 is 10.6 Å². The van der Waals surface area contributed by atoms with Gasteiger partial charge in [0.15, 0.2) is 0 Å². The average Bonchev–Trinajstić information content (AvgIpc) is 3.23. The van der Waals surface area contributed by atoms with Crippen LogP contribution in [0.2, 0.25) is 0 Å². The van der Waals surface area contributed by atoms with Crippen molar-refractivity contribution in [3.05, 3.63) is 23.3 Å². The molecule has 3 aliphatic rings. The third kappa shape index (κ3) is 3.79. The number of hydrogen-bond donors (Lipinski definition) is 2. The van der Waals surface area contributed by atoms with Gasteiger partial charge >= 0.3 is 0 Å². The molecule has 0 radical (unpaired) electrons. The lowest BCUT2D eigenvalue weighted by molar-refractivity contribution is -0.120. The molecular formula is C18H26N2O2. The summed E-state index contributed by atoms with van der Waals surface area (Å²) >= 11 is 0. The standard InChI is InChI=1S/C18H26N2O2/c21-17(13-5-1-2-6-13)19-15-9-11-16(12-10-15)20-18(22)14-7-3-4-8-14/h5,7,15-16H,1-4,6,8-12H2,(H,19,21)(H,20,22). The molecule has 1 fully saturated rings. The van der Waals surface area contributed by atoms with Gasteiger partial charge in [0, 0.05) is 23.2 Å². The molecule has 0 heterocycles. The molecule has 0 unspecified atom stereocenters. The molecule has 2 amide bonds. The van der Waals surface area contributed by atoms with Crippen LogP contribution in [-0.4, -0.2) is 23.9 Å². The van der Waals surface area contributed by atoms with Gasteiger partial charge in [-0.2, -0.15) is 0 Å². The SMILES string of the molecule is O=C(NC1CCC(NC(=O)C2=CCCC2)CC1)C1=CCCC1. The van der Waals surface area contributed by atoms with Crippen LogP contribution in [0.15, 0.2) is 23.3 Å². The maximum atomic E-state index is 12.1. The van der Waals surface area contributed by atoms with Crippen molar-refractivity contribution in [2.75, 3.05) is 0 Å². The number of amides is 2. The van der Waals surface area contributed by atoms with Crippen LogP contribution >= 0.6 is 0 Å². The van der Waals surface area contributed by atoms with Gasteiger partial charge < -0.3 is 10.6 Å². The van der Waals surface area contributed by atoms with E-state index in [1.165, 1.54) is 0 Å². The molecule has 0 aromatic heterocycles. The molecule has 120 valence electrons. The van der Waals surface area contributed by atoms with Crippen LogP contribution in [0, 0.1) is 0 Å². The van der Waals surface area contributed by atoms with E-state index in [-0.39, 0.29) is 23.9 Å². The first-order chi connectivity index (χ1) is 10.7. The zero-order valence-electron chi connectivity index (χ0n) is 13.2. The maximum absolute atomic E-state index is 12.1. The second-order valence-corrected chi connectivity index (χ2v) is 6.74. The van der Waals surface area contributed by atoms with E-state index in [2.05, 4.69) is 22.8 Å². The second kappa shape index (κ2) is 7.12. The summed E-state index contributed by atoms with van der Waals surface area (Å²) in [6.45, 7) is 0. The molecule has 3 aliphatic carbocycles. The molecule has 0 aliphatic heterocycles. The van der Waals surface area contributed by atoms with Gasteiger partial charge in [-0.3, -0.25) is 9.59 Å². The lowest BCUT2D eigenvalue weighted by Gasteiger charge is -2.30. The van der Waals surface area contributed by atoms with Crippen molar-refractivity contribution in [2.24, 2.45) is 0 Å². The first kappa shape index (κ1) is 15.3. The molecule has 0 aromatic carbocycles. The summed E-state index contributed by atoms with van der Waals surface area (Å²) in [4.78, 5) is 24.2. The number of nitrogens with one attached hydrogen (secondary N) is 2. The van der Waals surface area contributed by atoms with Crippen molar-refractivity contribution in [2.45, 2.75) is 76.3 Å². The van der Waals surface area contributed by atoms with Crippen LogP contribution in [0.5, 0.6) is 0 Å². The third-order valence-electron chi connectivity index (χ3n) is 5.06. The number of carbonyl (C=O) groups excluding carboxylic acids is 2. The molecule has 2 N–H and O–H groups in total. The van der Waals surface area contributed by atoms with Crippen molar-refractivity contribution in [1.29, 1.82) is 0 Å². The van der Waals surface area contributed by atoms with E-state index in [0.29, 0.717) is 0 Å². The Morgan fingerprint density at radius 3 is 1.50 bits per heavy atom. The average molecular weight is 302 g/mol. The largest absolute Gasteiger partial charge is 0.350 e. The number of rotatable bonds is 4. The smallest absolute Gasteiger partial charge is 0.247 e. The Kier molecular flexibility index (Phi) is 4.96. The van der Waals surface area contributed by atoms with Gasteiger partial charge in [0.2, 0.25) is 11.8 Å². The Labute approximate surface area is 132 Å². The highest BCUT2D eigenvalue weighted by atomic mass is 16.2. The fourth-order valence-electron chi connectivity index (χ4n) is 3.69. The molecule has 3 rings (SSSR count). The highest BCUT2D eigenvalue weighted by Gasteiger charge is 2.25. The minimum atomic E-state index is 0.126. The third-order valence-corrected chi connectivity index (χ3v) is 5.06. The molecule has 0 spiro atoms. The van der Waals surface area contributed by atoms with Crippen LogP contribution in [0.4, 0.5) is 0 Å². The van der Waals surface area contributed by atoms with Crippen molar-refractivity contribution >= 4 is 11.8 Å². The summed E-state index contributed by atoms with van der Waals surface area (Å²) in [5.74, 6) is 0.252. The molecule has 0 atom stereocenters. The first-order valence-corrected chi connectivity index (χ1v) is 8.72. The van der Waals surface area contributed by atoms with Crippen molar-refractivity contribution in [3.63, 3.8) is 0 Å². The van der Waals surface area contributed by atoms with Crippen molar-refractivity contribution in [1.82, 2.24) is 10.6 Å². The molecular weight excluding hydrogens is 276 g/mol. The Balaban J connectivity index is 1.40. The Hall–Kier alpha value is -1.58. The predicted molar refractivity (Wildman–Crippen MR) is 86.2 cm³/mol. The van der Waals surface area contributed by atoms with Gasteiger partial charge in [-0.1, -0.05) is 12.2 Å². The lowest BCUT2D eigenvalue weighted by atomic mass is 9.90. The van der Waals surface area contributed by atoms with Gasteiger partial charge in [-0.25, -0.2) is 0 Å². The summed E-state index contributed by atoms with van der Waals surface area (Å²) in [5, 5.41) is 6.32. The summed E-state index contributed by atoms with van der Waals surface area (Å²) in [6, 6.07) is 0.542. The summed E-state index contributed by atoms with van der Waals surface area (Å²) < 4.78 is 0. The first-order valence-electron chi connectivity index (χ1n) is 8.72.